The number of nitrogens with zero attached hydrogens (tertiary/aromatic N) is 3. The van der Waals surface area contributed by atoms with Crippen LogP contribution in [0.15, 0.2) is 11.5 Å². The van der Waals surface area contributed by atoms with Gasteiger partial charge in [0.05, 0.1) is 12.4 Å². The molecule has 0 saturated carbocycles. The molecule has 0 spiro atoms. The highest BCUT2D eigenvalue weighted by Gasteiger charge is 2.06. The maximum Gasteiger partial charge on any atom is 0.230 e. The molecule has 0 aliphatic heterocycles. The highest BCUT2D eigenvalue weighted by Crippen LogP contribution is 2.12. The Hall–Kier alpha value is -1.08. The molecule has 0 radical (unpaired) electrons. The van der Waals surface area contributed by atoms with E-state index in [2.05, 4.69) is 29.4 Å². The number of hydrogen-bond acceptors (Lipinski definition) is 5. The van der Waals surface area contributed by atoms with E-state index in [4.69, 9.17) is 4.74 Å². The number of carbonyl (C=O) groups excluding carboxylic acids is 1. The highest BCUT2D eigenvalue weighted by molar-refractivity contribution is 7.99. The maximum atomic E-state index is 11.5. The first-order valence-corrected chi connectivity index (χ1v) is 7.39. The van der Waals surface area contributed by atoms with Gasteiger partial charge in [-0.15, -0.1) is 10.2 Å². The summed E-state index contributed by atoms with van der Waals surface area (Å²) in [7, 11) is 1.85. The van der Waals surface area contributed by atoms with Crippen molar-refractivity contribution < 1.29 is 9.53 Å². The monoisotopic (exact) mass is 286 g/mol. The second kappa shape index (κ2) is 8.92. The second-order valence-electron chi connectivity index (χ2n) is 4.66. The van der Waals surface area contributed by atoms with E-state index in [0.717, 1.165) is 18.2 Å². The summed E-state index contributed by atoms with van der Waals surface area (Å²) in [4.78, 5) is 11.5. The van der Waals surface area contributed by atoms with Crippen molar-refractivity contribution in [2.45, 2.75) is 25.4 Å². The number of nitrogens with one attached hydrogen (secondary N) is 1. The molecule has 1 N–H and O–H groups in total. The van der Waals surface area contributed by atoms with Gasteiger partial charge in [-0.2, -0.15) is 0 Å². The number of rotatable bonds is 9. The van der Waals surface area contributed by atoms with Crippen LogP contribution in [0.3, 0.4) is 0 Å². The van der Waals surface area contributed by atoms with Crippen LogP contribution in [0.5, 0.6) is 0 Å². The largest absolute Gasteiger partial charge is 0.380 e. The minimum atomic E-state index is -0.0135. The van der Waals surface area contributed by atoms with Gasteiger partial charge in [0.2, 0.25) is 5.91 Å². The summed E-state index contributed by atoms with van der Waals surface area (Å²) in [6, 6.07) is 0. The van der Waals surface area contributed by atoms with Crippen LogP contribution in [0.2, 0.25) is 0 Å². The van der Waals surface area contributed by atoms with Crippen molar-refractivity contribution in [1.82, 2.24) is 20.1 Å². The number of amides is 1. The lowest BCUT2D eigenvalue weighted by molar-refractivity contribution is -0.118. The molecule has 19 heavy (non-hydrogen) atoms. The smallest absolute Gasteiger partial charge is 0.230 e. The molecule has 1 aromatic heterocycles. The number of hydrogen-bond donors (Lipinski definition) is 1. The minimum absolute atomic E-state index is 0.0135. The van der Waals surface area contributed by atoms with Crippen LogP contribution in [0.25, 0.3) is 0 Å². The summed E-state index contributed by atoms with van der Waals surface area (Å²) in [5, 5.41) is 11.2. The number of aryl methyl sites for hydroxylation is 1. The molecule has 0 aliphatic rings. The summed E-state index contributed by atoms with van der Waals surface area (Å²) < 4.78 is 7.20. The molecule has 1 rings (SSSR count). The van der Waals surface area contributed by atoms with Gasteiger partial charge in [-0.25, -0.2) is 0 Å². The van der Waals surface area contributed by atoms with E-state index in [0.29, 0.717) is 24.8 Å². The van der Waals surface area contributed by atoms with Gasteiger partial charge < -0.3 is 14.6 Å². The van der Waals surface area contributed by atoms with E-state index in [1.54, 1.807) is 10.9 Å². The van der Waals surface area contributed by atoms with Gasteiger partial charge in [0.15, 0.2) is 5.16 Å². The SMILES string of the molecule is CC(C)CCOCCNC(=O)CSc1nncn1C. The molecule has 0 fully saturated rings. The summed E-state index contributed by atoms with van der Waals surface area (Å²) in [6.07, 6.45) is 2.67. The predicted molar refractivity (Wildman–Crippen MR) is 75.0 cm³/mol. The van der Waals surface area contributed by atoms with Crippen molar-refractivity contribution in [1.29, 1.82) is 0 Å². The van der Waals surface area contributed by atoms with Crippen molar-refractivity contribution in [3.8, 4) is 0 Å². The number of ether oxygens (including phenoxy) is 1. The molecule has 0 aliphatic carbocycles. The molecule has 0 aromatic carbocycles. The molecule has 0 bridgehead atoms. The Morgan fingerprint density at radius 1 is 1.53 bits per heavy atom. The maximum absolute atomic E-state index is 11.5. The first-order valence-electron chi connectivity index (χ1n) is 6.41. The normalized spacial score (nSPS) is 10.9. The Kier molecular flexibility index (Phi) is 7.50. The third-order valence-corrected chi connectivity index (χ3v) is 3.44. The molecule has 0 saturated heterocycles. The van der Waals surface area contributed by atoms with E-state index < -0.39 is 0 Å². The molecule has 1 aromatic rings. The molecule has 108 valence electrons. The Bertz CT molecular complexity index is 382. The first kappa shape index (κ1) is 16.0. The van der Waals surface area contributed by atoms with Crippen molar-refractivity contribution in [3.63, 3.8) is 0 Å². The van der Waals surface area contributed by atoms with E-state index in [-0.39, 0.29) is 5.91 Å². The second-order valence-corrected chi connectivity index (χ2v) is 5.60. The van der Waals surface area contributed by atoms with Gasteiger partial charge >= 0.3 is 0 Å². The fourth-order valence-electron chi connectivity index (χ4n) is 1.27. The quantitative estimate of drug-likeness (QED) is 0.543. The van der Waals surface area contributed by atoms with Crippen molar-refractivity contribution in [2.75, 3.05) is 25.5 Å². The number of aromatic nitrogens is 3. The Labute approximate surface area is 118 Å². The highest BCUT2D eigenvalue weighted by atomic mass is 32.2. The molecular formula is C12H22N4O2S. The third-order valence-electron chi connectivity index (χ3n) is 2.41. The minimum Gasteiger partial charge on any atom is -0.380 e. The van der Waals surface area contributed by atoms with Gasteiger partial charge in [-0.3, -0.25) is 4.79 Å². The molecular weight excluding hydrogens is 264 g/mol. The summed E-state index contributed by atoms with van der Waals surface area (Å²) in [6.45, 7) is 6.19. The Morgan fingerprint density at radius 2 is 2.32 bits per heavy atom. The van der Waals surface area contributed by atoms with Gasteiger partial charge in [-0.1, -0.05) is 25.6 Å². The fourth-order valence-corrected chi connectivity index (χ4v) is 1.99. The molecule has 0 unspecified atom stereocenters. The van der Waals surface area contributed by atoms with Gasteiger partial charge in [0, 0.05) is 20.2 Å². The molecule has 0 atom stereocenters. The van der Waals surface area contributed by atoms with Crippen molar-refractivity contribution >= 4 is 17.7 Å². The van der Waals surface area contributed by atoms with Crippen LogP contribution in [0.1, 0.15) is 20.3 Å². The van der Waals surface area contributed by atoms with Crippen LogP contribution >= 0.6 is 11.8 Å². The van der Waals surface area contributed by atoms with Crippen LogP contribution in [-0.2, 0) is 16.6 Å². The lowest BCUT2D eigenvalue weighted by Gasteiger charge is -2.07. The topological polar surface area (TPSA) is 69.0 Å². The Balaban J connectivity index is 2.01. The third kappa shape index (κ3) is 7.17. The van der Waals surface area contributed by atoms with E-state index in [1.807, 2.05) is 7.05 Å². The fraction of sp³-hybridized carbons (Fsp3) is 0.750. The first-order chi connectivity index (χ1) is 9.09. The average molecular weight is 286 g/mol. The zero-order chi connectivity index (χ0) is 14.1. The van der Waals surface area contributed by atoms with Crippen LogP contribution in [0, 0.1) is 5.92 Å². The predicted octanol–water partition coefficient (Wildman–Crippen LogP) is 1.09. The van der Waals surface area contributed by atoms with Gasteiger partial charge in [0.1, 0.15) is 6.33 Å². The van der Waals surface area contributed by atoms with Crippen molar-refractivity contribution in [3.05, 3.63) is 6.33 Å². The van der Waals surface area contributed by atoms with E-state index in [1.165, 1.54) is 11.8 Å². The summed E-state index contributed by atoms with van der Waals surface area (Å²) in [5.41, 5.74) is 0. The standard InChI is InChI=1S/C12H22N4O2S/c1-10(2)4-6-18-7-5-13-11(17)8-19-12-15-14-9-16(12)3/h9-10H,4-8H2,1-3H3,(H,13,17). The molecule has 7 heteroatoms. The number of carbonyl (C=O) groups is 1. The summed E-state index contributed by atoms with van der Waals surface area (Å²) in [5.74, 6) is 0.983. The molecule has 1 heterocycles. The van der Waals surface area contributed by atoms with Crippen LogP contribution in [-0.4, -0.2) is 46.2 Å². The Morgan fingerprint density at radius 3 is 2.95 bits per heavy atom. The zero-order valence-electron chi connectivity index (χ0n) is 11.8. The van der Waals surface area contributed by atoms with Crippen LogP contribution in [0.4, 0.5) is 0 Å². The van der Waals surface area contributed by atoms with E-state index >= 15 is 0 Å². The average Bonchev–Trinajstić information content (AvgIpc) is 2.76. The van der Waals surface area contributed by atoms with Crippen molar-refractivity contribution in [2.24, 2.45) is 13.0 Å². The van der Waals surface area contributed by atoms with Crippen LogP contribution < -0.4 is 5.32 Å². The summed E-state index contributed by atoms with van der Waals surface area (Å²) >= 11 is 1.37. The number of thioether (sulfide) groups is 1. The molecule has 6 nitrogen and oxygen atoms in total. The lowest BCUT2D eigenvalue weighted by atomic mass is 10.1. The lowest BCUT2D eigenvalue weighted by Crippen LogP contribution is -2.29. The van der Waals surface area contributed by atoms with Gasteiger partial charge in [0.25, 0.3) is 0 Å². The molecule has 1 amide bonds. The zero-order valence-corrected chi connectivity index (χ0v) is 12.6. The van der Waals surface area contributed by atoms with E-state index in [9.17, 15) is 4.79 Å². The van der Waals surface area contributed by atoms with Gasteiger partial charge in [-0.05, 0) is 12.3 Å².